The smallest absolute Gasteiger partial charge is 0.140 e. The van der Waals surface area contributed by atoms with E-state index in [4.69, 9.17) is 10.5 Å². The first-order valence-electron chi connectivity index (χ1n) is 7.34. The molecule has 0 amide bonds. The molecule has 1 heterocycles. The van der Waals surface area contributed by atoms with Gasteiger partial charge < -0.3 is 10.5 Å². The summed E-state index contributed by atoms with van der Waals surface area (Å²) in [5.41, 5.74) is 8.39. The van der Waals surface area contributed by atoms with Crippen LogP contribution in [-0.2, 0) is 12.0 Å². The Bertz CT molecular complexity index is 586. The van der Waals surface area contributed by atoms with Crippen LogP contribution in [0.4, 0.5) is 0 Å². The molecule has 0 radical (unpaired) electrons. The SMILES string of the molecule is CC[C@H](N)c1ccccc1OCc1nc(C(C)(C)C)cs1. The highest BCUT2D eigenvalue weighted by Gasteiger charge is 2.18. The lowest BCUT2D eigenvalue weighted by Crippen LogP contribution is -2.12. The van der Waals surface area contributed by atoms with E-state index in [0.29, 0.717) is 6.61 Å². The Kier molecular flexibility index (Phi) is 5.01. The maximum Gasteiger partial charge on any atom is 0.140 e. The van der Waals surface area contributed by atoms with Crippen LogP contribution in [-0.4, -0.2) is 4.98 Å². The first-order valence-corrected chi connectivity index (χ1v) is 8.22. The first-order chi connectivity index (χ1) is 9.91. The molecule has 21 heavy (non-hydrogen) atoms. The number of rotatable bonds is 5. The van der Waals surface area contributed by atoms with Crippen LogP contribution >= 0.6 is 11.3 Å². The zero-order valence-electron chi connectivity index (χ0n) is 13.2. The van der Waals surface area contributed by atoms with Crippen LogP contribution in [0.25, 0.3) is 0 Å². The van der Waals surface area contributed by atoms with Crippen molar-refractivity contribution in [2.24, 2.45) is 5.73 Å². The molecule has 2 N–H and O–H groups in total. The molecule has 0 spiro atoms. The van der Waals surface area contributed by atoms with Gasteiger partial charge in [-0.05, 0) is 12.5 Å². The normalized spacial score (nSPS) is 13.2. The van der Waals surface area contributed by atoms with E-state index in [9.17, 15) is 0 Å². The summed E-state index contributed by atoms with van der Waals surface area (Å²) in [6, 6.07) is 8.00. The Labute approximate surface area is 131 Å². The van der Waals surface area contributed by atoms with Gasteiger partial charge in [0.1, 0.15) is 17.4 Å². The van der Waals surface area contributed by atoms with Crippen molar-refractivity contribution in [1.29, 1.82) is 0 Å². The molecule has 0 aliphatic carbocycles. The largest absolute Gasteiger partial charge is 0.486 e. The maximum absolute atomic E-state index is 6.13. The fourth-order valence-electron chi connectivity index (χ4n) is 2.00. The molecule has 3 nitrogen and oxygen atoms in total. The van der Waals surface area contributed by atoms with Crippen LogP contribution in [0.15, 0.2) is 29.6 Å². The van der Waals surface area contributed by atoms with E-state index in [0.717, 1.165) is 28.4 Å². The van der Waals surface area contributed by atoms with Crippen molar-refractivity contribution in [1.82, 2.24) is 4.98 Å². The molecular formula is C17H24N2OS. The van der Waals surface area contributed by atoms with Gasteiger partial charge in [-0.15, -0.1) is 11.3 Å². The standard InChI is InChI=1S/C17H24N2OS/c1-5-13(18)12-8-6-7-9-14(12)20-10-16-19-15(11-21-16)17(2,3)4/h6-9,11,13H,5,10,18H2,1-4H3/t13-/m0/s1. The average Bonchev–Trinajstić information content (AvgIpc) is 2.93. The van der Waals surface area contributed by atoms with Crippen LogP contribution in [0.5, 0.6) is 5.75 Å². The summed E-state index contributed by atoms with van der Waals surface area (Å²) in [6.07, 6.45) is 0.895. The Morgan fingerprint density at radius 1 is 1.29 bits per heavy atom. The Morgan fingerprint density at radius 3 is 2.62 bits per heavy atom. The second-order valence-corrected chi connectivity index (χ2v) is 7.16. The lowest BCUT2D eigenvalue weighted by molar-refractivity contribution is 0.299. The summed E-state index contributed by atoms with van der Waals surface area (Å²) in [6.45, 7) is 9.08. The van der Waals surface area contributed by atoms with Crippen molar-refractivity contribution in [2.45, 2.75) is 52.2 Å². The van der Waals surface area contributed by atoms with Crippen molar-refractivity contribution in [2.75, 3.05) is 0 Å². The van der Waals surface area contributed by atoms with Crippen molar-refractivity contribution in [3.63, 3.8) is 0 Å². The number of ether oxygens (including phenoxy) is 1. The molecule has 0 saturated heterocycles. The first kappa shape index (κ1) is 16.0. The quantitative estimate of drug-likeness (QED) is 0.889. The second-order valence-electron chi connectivity index (χ2n) is 6.22. The molecule has 0 aliphatic heterocycles. The van der Waals surface area contributed by atoms with Gasteiger partial charge in [0, 0.05) is 22.4 Å². The Balaban J connectivity index is 2.08. The maximum atomic E-state index is 6.13. The second kappa shape index (κ2) is 6.58. The van der Waals surface area contributed by atoms with E-state index in [1.807, 2.05) is 24.3 Å². The minimum Gasteiger partial charge on any atom is -0.486 e. The fraction of sp³-hybridized carbons (Fsp3) is 0.471. The van der Waals surface area contributed by atoms with Gasteiger partial charge in [-0.2, -0.15) is 0 Å². The summed E-state index contributed by atoms with van der Waals surface area (Å²) in [4.78, 5) is 4.65. The lowest BCUT2D eigenvalue weighted by Gasteiger charge is -2.15. The molecule has 0 saturated carbocycles. The average molecular weight is 304 g/mol. The van der Waals surface area contributed by atoms with E-state index in [2.05, 4.69) is 38.1 Å². The van der Waals surface area contributed by atoms with E-state index in [1.54, 1.807) is 11.3 Å². The molecule has 1 aromatic carbocycles. The predicted molar refractivity (Wildman–Crippen MR) is 88.8 cm³/mol. The van der Waals surface area contributed by atoms with Crippen molar-refractivity contribution >= 4 is 11.3 Å². The minimum absolute atomic E-state index is 0.0163. The molecule has 0 unspecified atom stereocenters. The number of benzene rings is 1. The van der Waals surface area contributed by atoms with Crippen LogP contribution in [0.3, 0.4) is 0 Å². The molecule has 0 bridgehead atoms. The third kappa shape index (κ3) is 4.05. The van der Waals surface area contributed by atoms with Gasteiger partial charge in [0.05, 0.1) is 5.69 Å². The molecule has 2 aromatic rings. The molecule has 0 aliphatic rings. The lowest BCUT2D eigenvalue weighted by atomic mass is 9.93. The summed E-state index contributed by atoms with van der Waals surface area (Å²) in [5.74, 6) is 0.861. The van der Waals surface area contributed by atoms with Gasteiger partial charge in [0.25, 0.3) is 0 Å². The molecule has 1 aromatic heterocycles. The summed E-state index contributed by atoms with van der Waals surface area (Å²) < 4.78 is 5.94. The molecule has 4 heteroatoms. The predicted octanol–water partition coefficient (Wildman–Crippen LogP) is 4.43. The van der Waals surface area contributed by atoms with E-state index in [1.165, 1.54) is 0 Å². The van der Waals surface area contributed by atoms with E-state index in [-0.39, 0.29) is 11.5 Å². The monoisotopic (exact) mass is 304 g/mol. The van der Waals surface area contributed by atoms with Gasteiger partial charge in [-0.1, -0.05) is 45.9 Å². The van der Waals surface area contributed by atoms with Crippen LogP contribution in [0, 0.1) is 0 Å². The number of hydrogen-bond acceptors (Lipinski definition) is 4. The molecule has 1 atom stereocenters. The van der Waals surface area contributed by atoms with Crippen LogP contribution in [0.2, 0.25) is 0 Å². The van der Waals surface area contributed by atoms with Crippen LogP contribution in [0.1, 0.15) is 56.4 Å². The summed E-state index contributed by atoms with van der Waals surface area (Å²) >= 11 is 1.65. The Morgan fingerprint density at radius 2 is 2.00 bits per heavy atom. The fourth-order valence-corrected chi connectivity index (χ4v) is 2.93. The van der Waals surface area contributed by atoms with E-state index >= 15 is 0 Å². The highest BCUT2D eigenvalue weighted by atomic mass is 32.1. The number of nitrogens with zero attached hydrogens (tertiary/aromatic N) is 1. The summed E-state index contributed by atoms with van der Waals surface area (Å²) in [7, 11) is 0. The number of para-hydroxylation sites is 1. The van der Waals surface area contributed by atoms with Crippen molar-refractivity contribution in [3.8, 4) is 5.75 Å². The Hall–Kier alpha value is -1.39. The van der Waals surface area contributed by atoms with Crippen LogP contribution < -0.4 is 10.5 Å². The number of nitrogens with two attached hydrogens (primary N) is 1. The number of aromatic nitrogens is 1. The number of hydrogen-bond donors (Lipinski definition) is 1. The minimum atomic E-state index is 0.0163. The van der Waals surface area contributed by atoms with Gasteiger partial charge in [-0.25, -0.2) is 4.98 Å². The van der Waals surface area contributed by atoms with Crippen molar-refractivity contribution < 1.29 is 4.74 Å². The third-order valence-corrected chi connectivity index (χ3v) is 4.25. The molecular weight excluding hydrogens is 280 g/mol. The molecule has 0 fully saturated rings. The third-order valence-electron chi connectivity index (χ3n) is 3.43. The molecule has 114 valence electrons. The van der Waals surface area contributed by atoms with Crippen molar-refractivity contribution in [3.05, 3.63) is 45.9 Å². The van der Waals surface area contributed by atoms with Gasteiger partial charge >= 0.3 is 0 Å². The highest BCUT2D eigenvalue weighted by Crippen LogP contribution is 2.28. The topological polar surface area (TPSA) is 48.1 Å². The number of thiazole rings is 1. The highest BCUT2D eigenvalue weighted by molar-refractivity contribution is 7.09. The van der Waals surface area contributed by atoms with E-state index < -0.39 is 0 Å². The van der Waals surface area contributed by atoms with Gasteiger partial charge in [0.15, 0.2) is 0 Å². The zero-order valence-corrected chi connectivity index (χ0v) is 14.0. The zero-order chi connectivity index (χ0) is 15.5. The van der Waals surface area contributed by atoms with Gasteiger partial charge in [0.2, 0.25) is 0 Å². The van der Waals surface area contributed by atoms with Gasteiger partial charge in [-0.3, -0.25) is 0 Å². The summed E-state index contributed by atoms with van der Waals surface area (Å²) in [5, 5.41) is 3.11. The molecule has 2 rings (SSSR count).